The molecule has 0 aromatic heterocycles. The fraction of sp³-hybridized carbons (Fsp3) is 1.00. The zero-order valence-electron chi connectivity index (χ0n) is 7.71. The summed E-state index contributed by atoms with van der Waals surface area (Å²) in [6.07, 6.45) is 5.41. The molecule has 0 bridgehead atoms. The highest BCUT2D eigenvalue weighted by Gasteiger charge is 2.22. The second kappa shape index (κ2) is 4.10. The van der Waals surface area contributed by atoms with Gasteiger partial charge in [0.2, 0.25) is 0 Å². The Hall–Kier alpha value is -0.0400. The second-order valence-electron chi connectivity index (χ2n) is 4.18. The smallest absolute Gasteiger partial charge is 0.0459 e. The van der Waals surface area contributed by atoms with Gasteiger partial charge in [-0.25, -0.2) is 0 Å². The molecule has 0 spiro atoms. The molecule has 1 heteroatoms. The molecular formula is C10H20O. The fourth-order valence-corrected chi connectivity index (χ4v) is 2.00. The van der Waals surface area contributed by atoms with Crippen molar-refractivity contribution in [2.24, 2.45) is 17.8 Å². The van der Waals surface area contributed by atoms with Gasteiger partial charge in [-0.2, -0.15) is 0 Å². The number of rotatable bonds is 2. The summed E-state index contributed by atoms with van der Waals surface area (Å²) in [6, 6.07) is 0. The molecular weight excluding hydrogens is 136 g/mol. The van der Waals surface area contributed by atoms with Crippen molar-refractivity contribution in [3.8, 4) is 0 Å². The highest BCUT2D eigenvalue weighted by molar-refractivity contribution is 4.73. The minimum atomic E-state index is 0.374. The van der Waals surface area contributed by atoms with Gasteiger partial charge in [-0.15, -0.1) is 0 Å². The Morgan fingerprint density at radius 1 is 1.27 bits per heavy atom. The minimum Gasteiger partial charge on any atom is -0.396 e. The summed E-state index contributed by atoms with van der Waals surface area (Å²) in [5, 5.41) is 8.95. The average Bonchev–Trinajstić information content (AvgIpc) is 2.05. The first-order valence-electron chi connectivity index (χ1n) is 4.85. The molecule has 1 saturated carbocycles. The van der Waals surface area contributed by atoms with Gasteiger partial charge >= 0.3 is 0 Å². The largest absolute Gasteiger partial charge is 0.396 e. The second-order valence-corrected chi connectivity index (χ2v) is 4.18. The summed E-state index contributed by atoms with van der Waals surface area (Å²) >= 11 is 0. The Morgan fingerprint density at radius 3 is 2.27 bits per heavy atom. The van der Waals surface area contributed by atoms with E-state index in [1.54, 1.807) is 0 Å². The van der Waals surface area contributed by atoms with Gasteiger partial charge in [0.05, 0.1) is 0 Å². The van der Waals surface area contributed by atoms with Crippen LogP contribution in [0.3, 0.4) is 0 Å². The van der Waals surface area contributed by atoms with Crippen LogP contribution in [-0.2, 0) is 0 Å². The molecule has 0 amide bonds. The molecule has 66 valence electrons. The van der Waals surface area contributed by atoms with Crippen LogP contribution in [0.5, 0.6) is 0 Å². The van der Waals surface area contributed by atoms with E-state index >= 15 is 0 Å². The van der Waals surface area contributed by atoms with Crippen molar-refractivity contribution in [2.75, 3.05) is 6.61 Å². The van der Waals surface area contributed by atoms with Crippen LogP contribution in [0.1, 0.15) is 39.5 Å². The Balaban J connectivity index is 2.27. The van der Waals surface area contributed by atoms with Crippen molar-refractivity contribution < 1.29 is 5.11 Å². The normalized spacial score (nSPS) is 35.2. The van der Waals surface area contributed by atoms with Crippen LogP contribution in [0.4, 0.5) is 0 Å². The molecule has 11 heavy (non-hydrogen) atoms. The molecule has 1 rings (SSSR count). The van der Waals surface area contributed by atoms with E-state index in [0.29, 0.717) is 12.5 Å². The molecule has 1 N–H and O–H groups in total. The molecule has 0 heterocycles. The first-order valence-corrected chi connectivity index (χ1v) is 4.85. The number of aliphatic hydroxyl groups is 1. The van der Waals surface area contributed by atoms with Gasteiger partial charge in [-0.3, -0.25) is 0 Å². The summed E-state index contributed by atoms with van der Waals surface area (Å²) in [7, 11) is 0. The maximum Gasteiger partial charge on any atom is 0.0459 e. The Morgan fingerprint density at radius 2 is 1.82 bits per heavy atom. The Bertz CT molecular complexity index is 103. The van der Waals surface area contributed by atoms with Crippen molar-refractivity contribution in [1.82, 2.24) is 0 Å². The van der Waals surface area contributed by atoms with Crippen LogP contribution in [0.15, 0.2) is 0 Å². The number of hydrogen-bond acceptors (Lipinski definition) is 1. The van der Waals surface area contributed by atoms with Crippen molar-refractivity contribution >= 4 is 0 Å². The first-order chi connectivity index (χ1) is 5.24. The van der Waals surface area contributed by atoms with E-state index in [0.717, 1.165) is 11.8 Å². The highest BCUT2D eigenvalue weighted by atomic mass is 16.3. The van der Waals surface area contributed by atoms with Crippen LogP contribution in [-0.4, -0.2) is 11.7 Å². The Kier molecular flexibility index (Phi) is 3.38. The van der Waals surface area contributed by atoms with Crippen molar-refractivity contribution in [2.45, 2.75) is 39.5 Å². The summed E-state index contributed by atoms with van der Waals surface area (Å²) < 4.78 is 0. The van der Waals surface area contributed by atoms with Crippen molar-refractivity contribution in [1.29, 1.82) is 0 Å². The predicted molar refractivity (Wildman–Crippen MR) is 47.4 cm³/mol. The summed E-state index contributed by atoms with van der Waals surface area (Å²) in [5.41, 5.74) is 0. The molecule has 1 unspecified atom stereocenters. The molecule has 0 aromatic rings. The van der Waals surface area contributed by atoms with Crippen molar-refractivity contribution in [3.63, 3.8) is 0 Å². The highest BCUT2D eigenvalue weighted by Crippen LogP contribution is 2.32. The van der Waals surface area contributed by atoms with Gasteiger partial charge in [0, 0.05) is 6.61 Å². The van der Waals surface area contributed by atoms with Crippen LogP contribution in [0.2, 0.25) is 0 Å². The molecule has 0 saturated heterocycles. The standard InChI is InChI=1S/C10H20O/c1-8-3-5-10(6-4-8)9(2)7-11/h8-11H,3-7H2,1-2H3. The van der Waals surface area contributed by atoms with Gasteiger partial charge in [0.25, 0.3) is 0 Å². The van der Waals surface area contributed by atoms with E-state index in [4.69, 9.17) is 5.11 Å². The average molecular weight is 156 g/mol. The monoisotopic (exact) mass is 156 g/mol. The summed E-state index contributed by atoms with van der Waals surface area (Å²) in [6.45, 7) is 4.87. The maximum absolute atomic E-state index is 8.95. The lowest BCUT2D eigenvalue weighted by Gasteiger charge is -2.29. The molecule has 1 aliphatic rings. The van der Waals surface area contributed by atoms with Gasteiger partial charge in [-0.1, -0.05) is 26.7 Å². The van der Waals surface area contributed by atoms with Gasteiger partial charge in [0.1, 0.15) is 0 Å². The van der Waals surface area contributed by atoms with E-state index in [-0.39, 0.29) is 0 Å². The lowest BCUT2D eigenvalue weighted by Crippen LogP contribution is -2.21. The lowest BCUT2D eigenvalue weighted by molar-refractivity contribution is 0.147. The minimum absolute atomic E-state index is 0.374. The van der Waals surface area contributed by atoms with E-state index in [9.17, 15) is 0 Å². The third-order valence-corrected chi connectivity index (χ3v) is 3.15. The number of hydrogen-bond donors (Lipinski definition) is 1. The molecule has 0 radical (unpaired) electrons. The van der Waals surface area contributed by atoms with Crippen LogP contribution in [0, 0.1) is 17.8 Å². The van der Waals surface area contributed by atoms with Crippen LogP contribution < -0.4 is 0 Å². The molecule has 0 aliphatic heterocycles. The molecule has 1 fully saturated rings. The zero-order chi connectivity index (χ0) is 8.27. The van der Waals surface area contributed by atoms with E-state index in [2.05, 4.69) is 13.8 Å². The summed E-state index contributed by atoms with van der Waals surface area (Å²) in [4.78, 5) is 0. The first kappa shape index (κ1) is 9.05. The lowest BCUT2D eigenvalue weighted by atomic mass is 9.77. The fourth-order valence-electron chi connectivity index (χ4n) is 2.00. The maximum atomic E-state index is 8.95. The molecule has 1 atom stereocenters. The predicted octanol–water partition coefficient (Wildman–Crippen LogP) is 2.44. The summed E-state index contributed by atoms with van der Waals surface area (Å²) in [5.74, 6) is 2.26. The third-order valence-electron chi connectivity index (χ3n) is 3.15. The van der Waals surface area contributed by atoms with Crippen LogP contribution >= 0.6 is 0 Å². The van der Waals surface area contributed by atoms with Crippen LogP contribution in [0.25, 0.3) is 0 Å². The molecule has 1 aliphatic carbocycles. The third kappa shape index (κ3) is 2.48. The van der Waals surface area contributed by atoms with E-state index in [1.807, 2.05) is 0 Å². The van der Waals surface area contributed by atoms with E-state index < -0.39 is 0 Å². The van der Waals surface area contributed by atoms with Gasteiger partial charge < -0.3 is 5.11 Å². The topological polar surface area (TPSA) is 20.2 Å². The van der Waals surface area contributed by atoms with E-state index in [1.165, 1.54) is 25.7 Å². The SMILES string of the molecule is CC1CCC(C(C)CO)CC1. The Labute approximate surface area is 69.8 Å². The zero-order valence-corrected chi connectivity index (χ0v) is 7.71. The molecule has 0 aromatic carbocycles. The van der Waals surface area contributed by atoms with Gasteiger partial charge in [-0.05, 0) is 30.6 Å². The number of aliphatic hydroxyl groups excluding tert-OH is 1. The van der Waals surface area contributed by atoms with Crippen molar-refractivity contribution in [3.05, 3.63) is 0 Å². The quantitative estimate of drug-likeness (QED) is 0.651. The van der Waals surface area contributed by atoms with Gasteiger partial charge in [0.15, 0.2) is 0 Å². The molecule has 1 nitrogen and oxygen atoms in total.